The van der Waals surface area contributed by atoms with E-state index in [4.69, 9.17) is 5.73 Å². The largest absolute Gasteiger partial charge is 0.328 e. The van der Waals surface area contributed by atoms with E-state index in [2.05, 4.69) is 13.2 Å². The molecule has 1 rings (SSSR count). The number of hydrogen-bond donors (Lipinski definition) is 1. The summed E-state index contributed by atoms with van der Waals surface area (Å²) in [6, 6.07) is 0.488. The van der Waals surface area contributed by atoms with E-state index in [0.717, 1.165) is 0 Å². The van der Waals surface area contributed by atoms with Gasteiger partial charge in [-0.3, -0.25) is 0 Å². The molecule has 0 aromatic rings. The lowest BCUT2D eigenvalue weighted by molar-refractivity contribution is 0.322. The molecule has 0 aliphatic heterocycles. The summed E-state index contributed by atoms with van der Waals surface area (Å²) in [4.78, 5) is 0. The van der Waals surface area contributed by atoms with Crippen LogP contribution in [0, 0.1) is 5.41 Å². The average Bonchev–Trinajstić information content (AvgIpc) is 2.28. The van der Waals surface area contributed by atoms with Crippen LogP contribution in [0.4, 0.5) is 0 Å². The first-order chi connectivity index (χ1) is 5.16. The van der Waals surface area contributed by atoms with E-state index < -0.39 is 0 Å². The van der Waals surface area contributed by atoms with Crippen LogP contribution in [-0.4, -0.2) is 18.1 Å². The fraction of sp³-hybridized carbons (Fsp3) is 1.00. The van der Waals surface area contributed by atoms with E-state index in [0.29, 0.717) is 11.5 Å². The van der Waals surface area contributed by atoms with Gasteiger partial charge in [-0.1, -0.05) is 6.92 Å². The molecule has 11 heavy (non-hydrogen) atoms. The topological polar surface area (TPSA) is 26.0 Å². The molecule has 0 spiro atoms. The van der Waals surface area contributed by atoms with Gasteiger partial charge in [0.1, 0.15) is 0 Å². The predicted octanol–water partition coefficient (Wildman–Crippen LogP) is 2.26. The molecule has 0 aromatic carbocycles. The third kappa shape index (κ3) is 2.68. The lowest BCUT2D eigenvalue weighted by atomic mass is 9.86. The van der Waals surface area contributed by atoms with Gasteiger partial charge in [0.05, 0.1) is 0 Å². The summed E-state index contributed by atoms with van der Waals surface area (Å²) in [5.41, 5.74) is 6.45. The van der Waals surface area contributed by atoms with E-state index in [9.17, 15) is 0 Å². The maximum Gasteiger partial charge on any atom is 0.00442 e. The Kier molecular flexibility index (Phi) is 3.26. The first-order valence-electron chi connectivity index (χ1n) is 4.41. The van der Waals surface area contributed by atoms with Crippen molar-refractivity contribution in [2.45, 2.75) is 38.6 Å². The van der Waals surface area contributed by atoms with Gasteiger partial charge >= 0.3 is 0 Å². The Morgan fingerprint density at radius 2 is 2.36 bits per heavy atom. The van der Waals surface area contributed by atoms with Gasteiger partial charge in [-0.15, -0.1) is 0 Å². The summed E-state index contributed by atoms with van der Waals surface area (Å²) < 4.78 is 0. The van der Waals surface area contributed by atoms with Crippen molar-refractivity contribution in [2.75, 3.05) is 12.0 Å². The van der Waals surface area contributed by atoms with Crippen LogP contribution < -0.4 is 5.73 Å². The summed E-state index contributed by atoms with van der Waals surface area (Å²) in [5.74, 6) is 1.29. The number of rotatable bonds is 3. The van der Waals surface area contributed by atoms with Crippen molar-refractivity contribution < 1.29 is 0 Å². The number of hydrogen-bond acceptors (Lipinski definition) is 2. The Labute approximate surface area is 74.1 Å². The molecule has 1 aliphatic rings. The molecule has 1 saturated carbocycles. The molecule has 1 aliphatic carbocycles. The third-order valence-electron chi connectivity index (χ3n) is 2.78. The number of thioether (sulfide) groups is 1. The molecule has 2 heteroatoms. The highest BCUT2D eigenvalue weighted by atomic mass is 32.2. The second-order valence-electron chi connectivity index (χ2n) is 4.06. The van der Waals surface area contributed by atoms with Crippen LogP contribution in [0.2, 0.25) is 0 Å². The summed E-state index contributed by atoms with van der Waals surface area (Å²) in [6.07, 6.45) is 7.35. The molecule has 0 radical (unpaired) electrons. The Bertz CT molecular complexity index is 127. The Morgan fingerprint density at radius 3 is 2.82 bits per heavy atom. The molecule has 0 saturated heterocycles. The second kappa shape index (κ2) is 3.81. The molecular weight excluding hydrogens is 154 g/mol. The summed E-state index contributed by atoms with van der Waals surface area (Å²) in [5, 5.41) is 0. The molecule has 66 valence electrons. The van der Waals surface area contributed by atoms with Gasteiger partial charge in [0, 0.05) is 6.04 Å². The van der Waals surface area contributed by atoms with Gasteiger partial charge < -0.3 is 5.73 Å². The maximum atomic E-state index is 5.88. The zero-order valence-electron chi connectivity index (χ0n) is 7.60. The first-order valence-corrected chi connectivity index (χ1v) is 5.80. The van der Waals surface area contributed by atoms with E-state index in [1.54, 1.807) is 0 Å². The van der Waals surface area contributed by atoms with Crippen LogP contribution in [0.1, 0.15) is 32.6 Å². The molecule has 1 nitrogen and oxygen atoms in total. The zero-order chi connectivity index (χ0) is 8.32. The van der Waals surface area contributed by atoms with Gasteiger partial charge in [0.15, 0.2) is 0 Å². The molecule has 0 heterocycles. The van der Waals surface area contributed by atoms with Crippen molar-refractivity contribution >= 4 is 11.8 Å². The highest BCUT2D eigenvalue weighted by Crippen LogP contribution is 2.40. The fourth-order valence-corrected chi connectivity index (χ4v) is 2.64. The SMILES string of the molecule is CSCCC1(C)CCC(N)C1. The highest BCUT2D eigenvalue weighted by molar-refractivity contribution is 7.98. The monoisotopic (exact) mass is 173 g/mol. The van der Waals surface area contributed by atoms with E-state index in [1.165, 1.54) is 31.4 Å². The molecule has 0 amide bonds. The van der Waals surface area contributed by atoms with E-state index >= 15 is 0 Å². The maximum absolute atomic E-state index is 5.88. The van der Waals surface area contributed by atoms with Gasteiger partial charge in [0.2, 0.25) is 0 Å². The minimum absolute atomic E-state index is 0.488. The molecule has 0 bridgehead atoms. The van der Waals surface area contributed by atoms with Crippen molar-refractivity contribution in [2.24, 2.45) is 11.1 Å². The molecular formula is C9H19NS. The quantitative estimate of drug-likeness (QED) is 0.708. The molecule has 2 N–H and O–H groups in total. The normalized spacial score (nSPS) is 37.9. The smallest absolute Gasteiger partial charge is 0.00442 e. The minimum atomic E-state index is 0.488. The fourth-order valence-electron chi connectivity index (χ4n) is 1.95. The van der Waals surface area contributed by atoms with Crippen molar-refractivity contribution in [3.8, 4) is 0 Å². The van der Waals surface area contributed by atoms with Gasteiger partial charge in [0.25, 0.3) is 0 Å². The van der Waals surface area contributed by atoms with Crippen LogP contribution in [0.25, 0.3) is 0 Å². The van der Waals surface area contributed by atoms with Crippen molar-refractivity contribution in [3.63, 3.8) is 0 Å². The molecule has 0 aromatic heterocycles. The van der Waals surface area contributed by atoms with Crippen LogP contribution in [0.15, 0.2) is 0 Å². The third-order valence-corrected chi connectivity index (χ3v) is 3.40. The molecule has 1 fully saturated rings. The van der Waals surface area contributed by atoms with Crippen LogP contribution in [-0.2, 0) is 0 Å². The predicted molar refractivity (Wildman–Crippen MR) is 52.9 cm³/mol. The van der Waals surface area contributed by atoms with Gasteiger partial charge in [-0.05, 0) is 43.1 Å². The second-order valence-corrected chi connectivity index (χ2v) is 5.04. The van der Waals surface area contributed by atoms with Crippen LogP contribution in [0.5, 0.6) is 0 Å². The number of nitrogens with two attached hydrogens (primary N) is 1. The van der Waals surface area contributed by atoms with E-state index in [-0.39, 0.29) is 0 Å². The molecule has 2 unspecified atom stereocenters. The zero-order valence-corrected chi connectivity index (χ0v) is 8.41. The molecule has 2 atom stereocenters. The standard InChI is InChI=1S/C9H19NS/c1-9(5-6-11-2)4-3-8(10)7-9/h8H,3-7,10H2,1-2H3. The lowest BCUT2D eigenvalue weighted by Crippen LogP contribution is -2.19. The highest BCUT2D eigenvalue weighted by Gasteiger charge is 2.32. The van der Waals surface area contributed by atoms with Crippen molar-refractivity contribution in [3.05, 3.63) is 0 Å². The van der Waals surface area contributed by atoms with E-state index in [1.807, 2.05) is 11.8 Å². The van der Waals surface area contributed by atoms with Gasteiger partial charge in [-0.25, -0.2) is 0 Å². The summed E-state index contributed by atoms with van der Waals surface area (Å²) in [7, 11) is 0. The van der Waals surface area contributed by atoms with Crippen molar-refractivity contribution in [1.82, 2.24) is 0 Å². The Morgan fingerprint density at radius 1 is 1.64 bits per heavy atom. The summed E-state index contributed by atoms with van der Waals surface area (Å²) >= 11 is 1.95. The van der Waals surface area contributed by atoms with Gasteiger partial charge in [-0.2, -0.15) is 11.8 Å². The lowest BCUT2D eigenvalue weighted by Gasteiger charge is -2.22. The first kappa shape index (κ1) is 9.40. The Balaban J connectivity index is 2.29. The minimum Gasteiger partial charge on any atom is -0.328 e. The van der Waals surface area contributed by atoms with Crippen molar-refractivity contribution in [1.29, 1.82) is 0 Å². The van der Waals surface area contributed by atoms with Crippen LogP contribution in [0.3, 0.4) is 0 Å². The Hall–Kier alpha value is 0.310. The average molecular weight is 173 g/mol. The van der Waals surface area contributed by atoms with Crippen LogP contribution >= 0.6 is 11.8 Å². The summed E-state index contributed by atoms with van der Waals surface area (Å²) in [6.45, 7) is 2.38.